The topological polar surface area (TPSA) is 106 Å². The van der Waals surface area contributed by atoms with Crippen LogP contribution in [0.2, 0.25) is 0 Å². The minimum Gasteiger partial charge on any atom is -0.476 e. The number of hydrogen-bond acceptors (Lipinski definition) is 7. The minimum atomic E-state index is -1.14. The molecule has 0 spiro atoms. The number of anilines is 1. The van der Waals surface area contributed by atoms with Crippen LogP contribution in [-0.2, 0) is 14.3 Å². The van der Waals surface area contributed by atoms with Gasteiger partial charge in [0.15, 0.2) is 17.4 Å². The maximum absolute atomic E-state index is 13.2. The van der Waals surface area contributed by atoms with E-state index in [0.717, 1.165) is 38.8 Å². The van der Waals surface area contributed by atoms with Crippen molar-refractivity contribution in [2.24, 2.45) is 5.41 Å². The number of aromatic nitrogens is 3. The number of esters is 1. The number of carbonyl (C=O) groups excluding carboxylic acids is 1. The number of fused-ring (bicyclic) bond motifs is 1. The van der Waals surface area contributed by atoms with Crippen molar-refractivity contribution < 1.29 is 24.2 Å². The molecule has 1 fully saturated rings. The fourth-order valence-corrected chi connectivity index (χ4v) is 4.59. The summed E-state index contributed by atoms with van der Waals surface area (Å²) in [5.41, 5.74) is 0.986. The van der Waals surface area contributed by atoms with E-state index in [0.29, 0.717) is 22.7 Å². The number of piperidine rings is 1. The van der Waals surface area contributed by atoms with Gasteiger partial charge in [0.05, 0.1) is 17.8 Å². The molecule has 0 saturated carbocycles. The molecule has 0 amide bonds. The summed E-state index contributed by atoms with van der Waals surface area (Å²) in [5.74, 6) is -1.01. The molecule has 1 saturated heterocycles. The van der Waals surface area contributed by atoms with E-state index in [1.54, 1.807) is 6.92 Å². The van der Waals surface area contributed by atoms with E-state index in [-0.39, 0.29) is 17.7 Å². The first-order valence-corrected chi connectivity index (χ1v) is 12.2. The molecule has 9 heteroatoms. The summed E-state index contributed by atoms with van der Waals surface area (Å²) in [4.78, 5) is 31.6. The van der Waals surface area contributed by atoms with Crippen molar-refractivity contribution in [1.82, 2.24) is 14.6 Å². The highest BCUT2D eigenvalue weighted by Gasteiger charge is 2.38. The Balaban J connectivity index is 2.18. The molecule has 0 aromatic carbocycles. The molecule has 2 aromatic heterocycles. The van der Waals surface area contributed by atoms with Gasteiger partial charge in [-0.15, -0.1) is 6.58 Å². The highest BCUT2D eigenvalue weighted by Crippen LogP contribution is 2.41. The normalized spacial score (nSPS) is 16.8. The number of ether oxygens (including phenoxy) is 2. The molecule has 1 aliphatic rings. The quantitative estimate of drug-likeness (QED) is 0.401. The van der Waals surface area contributed by atoms with Crippen molar-refractivity contribution in [3.63, 3.8) is 0 Å². The van der Waals surface area contributed by atoms with Crippen molar-refractivity contribution in [3.05, 3.63) is 35.7 Å². The van der Waals surface area contributed by atoms with Crippen molar-refractivity contribution in [2.75, 3.05) is 24.6 Å². The van der Waals surface area contributed by atoms with Crippen molar-refractivity contribution in [1.29, 1.82) is 0 Å². The summed E-state index contributed by atoms with van der Waals surface area (Å²) in [7, 11) is 0. The zero-order valence-electron chi connectivity index (χ0n) is 21.8. The second-order valence-electron chi connectivity index (χ2n) is 10.5. The van der Waals surface area contributed by atoms with Gasteiger partial charge >= 0.3 is 11.9 Å². The molecular weight excluding hydrogens is 448 g/mol. The van der Waals surface area contributed by atoms with Gasteiger partial charge in [-0.25, -0.2) is 14.6 Å². The first kappa shape index (κ1) is 26.7. The third-order valence-electron chi connectivity index (χ3n) is 6.48. The molecular formula is C26H38N4O5. The van der Waals surface area contributed by atoms with Crippen LogP contribution < -0.4 is 4.90 Å². The molecule has 1 atom stereocenters. The Labute approximate surface area is 207 Å². The summed E-state index contributed by atoms with van der Waals surface area (Å²) in [5, 5.41) is 13.9. The van der Waals surface area contributed by atoms with Crippen molar-refractivity contribution >= 4 is 23.4 Å². The van der Waals surface area contributed by atoms with Crippen LogP contribution in [-0.4, -0.2) is 56.9 Å². The Hall–Kier alpha value is -2.94. The third kappa shape index (κ3) is 6.01. The molecule has 0 aliphatic carbocycles. The van der Waals surface area contributed by atoms with Gasteiger partial charge in [0, 0.05) is 24.8 Å². The summed E-state index contributed by atoms with van der Waals surface area (Å²) in [6.45, 7) is 17.0. The number of aryl methyl sites for hydroxylation is 1. The number of carboxylic acid groups (broad SMARTS) is 1. The van der Waals surface area contributed by atoms with Crippen LogP contribution in [0.5, 0.6) is 0 Å². The zero-order chi connectivity index (χ0) is 26.0. The lowest BCUT2D eigenvalue weighted by Gasteiger charge is -2.41. The van der Waals surface area contributed by atoms with Gasteiger partial charge in [-0.05, 0) is 65.7 Å². The second kappa shape index (κ2) is 10.4. The van der Waals surface area contributed by atoms with Crippen molar-refractivity contribution in [3.8, 4) is 0 Å². The Kier molecular flexibility index (Phi) is 7.89. The van der Waals surface area contributed by atoms with Gasteiger partial charge in [0.25, 0.3) is 0 Å². The first-order valence-electron chi connectivity index (χ1n) is 12.2. The largest absolute Gasteiger partial charge is 0.476 e. The van der Waals surface area contributed by atoms with E-state index >= 15 is 0 Å². The molecule has 192 valence electrons. The van der Waals surface area contributed by atoms with E-state index in [1.807, 2.05) is 33.8 Å². The average molecular weight is 487 g/mol. The lowest BCUT2D eigenvalue weighted by Crippen LogP contribution is -2.41. The van der Waals surface area contributed by atoms with Gasteiger partial charge in [0.1, 0.15) is 5.82 Å². The average Bonchev–Trinajstić information content (AvgIpc) is 3.20. The van der Waals surface area contributed by atoms with E-state index in [2.05, 4.69) is 28.5 Å². The van der Waals surface area contributed by atoms with Crippen LogP contribution >= 0.6 is 0 Å². The highest BCUT2D eigenvalue weighted by molar-refractivity contribution is 5.87. The molecule has 3 heterocycles. The molecule has 2 aromatic rings. The Morgan fingerprint density at radius 1 is 1.31 bits per heavy atom. The minimum absolute atomic E-state index is 0.104. The lowest BCUT2D eigenvalue weighted by atomic mass is 9.76. The predicted molar refractivity (Wildman–Crippen MR) is 134 cm³/mol. The molecule has 35 heavy (non-hydrogen) atoms. The Morgan fingerprint density at radius 3 is 2.51 bits per heavy atom. The number of rotatable bonds is 9. The third-order valence-corrected chi connectivity index (χ3v) is 6.48. The number of carboxylic acids is 1. The van der Waals surface area contributed by atoms with Gasteiger partial charge in [-0.2, -0.15) is 9.61 Å². The predicted octanol–water partition coefficient (Wildman–Crippen LogP) is 4.73. The molecule has 0 radical (unpaired) electrons. The monoisotopic (exact) mass is 486 g/mol. The molecule has 0 unspecified atom stereocenters. The summed E-state index contributed by atoms with van der Waals surface area (Å²) in [6.07, 6.45) is 4.84. The number of hydrogen-bond donors (Lipinski definition) is 1. The molecule has 1 aliphatic heterocycles. The summed E-state index contributed by atoms with van der Waals surface area (Å²) < 4.78 is 13.2. The van der Waals surface area contributed by atoms with Crippen LogP contribution in [0.3, 0.4) is 0 Å². The Morgan fingerprint density at radius 2 is 1.97 bits per heavy atom. The van der Waals surface area contributed by atoms with Gasteiger partial charge < -0.3 is 19.5 Å². The van der Waals surface area contributed by atoms with E-state index in [4.69, 9.17) is 9.47 Å². The fraction of sp³-hybridized carbons (Fsp3) is 0.615. The molecule has 1 N–H and O–H groups in total. The number of carbonyl (C=O) groups is 2. The standard InChI is InChI=1S/C26H38N4O5/c1-8-10-11-26(7)12-14-29(15-13-26)22-20(21(24(33)34-9-2)35-25(4,5)6)17(3)27-19-16-18(23(31)32)28-30(19)22/h8,16,21H,1,9-15H2,2-7H3,(H,31,32)/t21-/m0/s1. The van der Waals surface area contributed by atoms with Crippen LogP contribution in [0.25, 0.3) is 5.65 Å². The maximum atomic E-state index is 13.2. The van der Waals surface area contributed by atoms with Gasteiger partial charge in [0.2, 0.25) is 0 Å². The van der Waals surface area contributed by atoms with Crippen LogP contribution in [0, 0.1) is 12.3 Å². The van der Waals surface area contributed by atoms with E-state index in [9.17, 15) is 14.7 Å². The zero-order valence-corrected chi connectivity index (χ0v) is 21.8. The van der Waals surface area contributed by atoms with Crippen LogP contribution in [0.4, 0.5) is 5.82 Å². The fourth-order valence-electron chi connectivity index (χ4n) is 4.59. The van der Waals surface area contributed by atoms with Crippen LogP contribution in [0.15, 0.2) is 18.7 Å². The second-order valence-corrected chi connectivity index (χ2v) is 10.5. The first-order chi connectivity index (χ1) is 16.4. The number of aromatic carboxylic acids is 1. The number of allylic oxidation sites excluding steroid dienone is 1. The SMILES string of the molecule is C=CCCC1(C)CCN(c2c([C@H](OC(C)(C)C)C(=O)OCC)c(C)nc3cc(C(=O)O)nn23)CC1. The molecule has 9 nitrogen and oxygen atoms in total. The maximum Gasteiger partial charge on any atom is 0.356 e. The van der Waals surface area contributed by atoms with E-state index < -0.39 is 23.6 Å². The Bertz CT molecular complexity index is 1090. The van der Waals surface area contributed by atoms with Gasteiger partial charge in [-0.1, -0.05) is 13.0 Å². The summed E-state index contributed by atoms with van der Waals surface area (Å²) >= 11 is 0. The van der Waals surface area contributed by atoms with Crippen molar-refractivity contribution in [2.45, 2.75) is 78.9 Å². The lowest BCUT2D eigenvalue weighted by molar-refractivity contribution is -0.166. The number of nitrogens with zero attached hydrogens (tertiary/aromatic N) is 4. The van der Waals surface area contributed by atoms with E-state index in [1.165, 1.54) is 10.6 Å². The summed E-state index contributed by atoms with van der Waals surface area (Å²) in [6, 6.07) is 1.45. The molecule has 0 bridgehead atoms. The highest BCUT2D eigenvalue weighted by atomic mass is 16.6. The smallest absolute Gasteiger partial charge is 0.356 e. The van der Waals surface area contributed by atoms with Crippen LogP contribution in [0.1, 0.15) is 88.2 Å². The molecule has 3 rings (SSSR count). The van der Waals surface area contributed by atoms with Gasteiger partial charge in [-0.3, -0.25) is 0 Å².